The van der Waals surface area contributed by atoms with Crippen LogP contribution in [-0.4, -0.2) is 54.2 Å². The molecule has 0 bridgehead atoms. The molecule has 0 atom stereocenters. The fourth-order valence-electron chi connectivity index (χ4n) is 4.45. The molecule has 0 aliphatic carbocycles. The highest BCUT2D eigenvalue weighted by atomic mass is 32.2. The Morgan fingerprint density at radius 3 is 2.17 bits per heavy atom. The van der Waals surface area contributed by atoms with Crippen LogP contribution in [0.25, 0.3) is 0 Å². The number of ketones is 1. The maximum Gasteiger partial charge on any atom is 0.354 e. The molecule has 1 aliphatic rings. The molecule has 1 fully saturated rings. The molecule has 1 saturated heterocycles. The van der Waals surface area contributed by atoms with Crippen LogP contribution in [0.15, 0.2) is 100 Å². The molecule has 0 unspecified atom stereocenters. The number of carbonyl (C=O) groups excluding carboxylic acids is 2. The highest BCUT2D eigenvalue weighted by Crippen LogP contribution is 2.29. The molecule has 0 aromatic heterocycles. The minimum Gasteiger partial charge on any atom is -0.379 e. The van der Waals surface area contributed by atoms with Crippen LogP contribution in [0.3, 0.4) is 0 Å². The Morgan fingerprint density at radius 2 is 1.57 bits per heavy atom. The van der Waals surface area contributed by atoms with E-state index < -0.39 is 5.54 Å². The summed E-state index contributed by atoms with van der Waals surface area (Å²) in [6.45, 7) is 12.0. The summed E-state index contributed by atoms with van der Waals surface area (Å²) in [6, 6.07) is 23.3. The van der Waals surface area contributed by atoms with Gasteiger partial charge < -0.3 is 9.57 Å². The van der Waals surface area contributed by atoms with E-state index in [4.69, 9.17) is 9.57 Å². The standard InChI is InChI=1S/C33H36N2O4S/c1-5-6-11-30(34-39-32(37)33(3,4)35-20-22-38-23-21-35)25-12-16-27(17-13-25)40-28-18-14-26(15-19-28)31(36)29-10-8-7-9-24(29)2/h5,7-10,12-19H,1,6,11,20-23H2,2-4H3/b34-30+. The number of allylic oxidation sites excluding steroid dienone is 1. The van der Waals surface area contributed by atoms with Crippen molar-refractivity contribution in [1.82, 2.24) is 4.90 Å². The third-order valence-corrected chi connectivity index (χ3v) is 8.07. The number of benzene rings is 3. The number of aryl methyl sites for hydroxylation is 1. The highest BCUT2D eigenvalue weighted by molar-refractivity contribution is 7.99. The van der Waals surface area contributed by atoms with E-state index in [2.05, 4.69) is 16.6 Å². The van der Waals surface area contributed by atoms with Crippen LogP contribution >= 0.6 is 11.8 Å². The van der Waals surface area contributed by atoms with E-state index in [0.717, 1.165) is 26.5 Å². The zero-order valence-corrected chi connectivity index (χ0v) is 24.2. The van der Waals surface area contributed by atoms with Gasteiger partial charge in [-0.3, -0.25) is 9.69 Å². The molecule has 1 heterocycles. The van der Waals surface area contributed by atoms with Crippen LogP contribution in [0.1, 0.15) is 53.7 Å². The minimum absolute atomic E-state index is 0.0272. The van der Waals surface area contributed by atoms with Crippen LogP contribution in [-0.2, 0) is 14.4 Å². The van der Waals surface area contributed by atoms with Crippen molar-refractivity contribution in [2.75, 3.05) is 26.3 Å². The van der Waals surface area contributed by atoms with Gasteiger partial charge in [0.1, 0.15) is 5.54 Å². The summed E-state index contributed by atoms with van der Waals surface area (Å²) in [5.74, 6) is -0.360. The van der Waals surface area contributed by atoms with Crippen LogP contribution in [0.4, 0.5) is 0 Å². The van der Waals surface area contributed by atoms with Crippen molar-refractivity contribution in [2.45, 2.75) is 48.9 Å². The lowest BCUT2D eigenvalue weighted by Crippen LogP contribution is -2.54. The Morgan fingerprint density at radius 1 is 0.975 bits per heavy atom. The average molecular weight is 557 g/mol. The highest BCUT2D eigenvalue weighted by Gasteiger charge is 2.37. The molecule has 0 radical (unpaired) electrons. The van der Waals surface area contributed by atoms with Crippen LogP contribution in [0.2, 0.25) is 0 Å². The average Bonchev–Trinajstić information content (AvgIpc) is 2.98. The normalized spacial score (nSPS) is 14.5. The molecule has 0 spiro atoms. The van der Waals surface area contributed by atoms with E-state index in [9.17, 15) is 9.59 Å². The molecule has 7 heteroatoms. The van der Waals surface area contributed by atoms with Crippen molar-refractivity contribution >= 4 is 29.2 Å². The molecule has 6 nitrogen and oxygen atoms in total. The molecular formula is C33H36N2O4S. The van der Waals surface area contributed by atoms with Gasteiger partial charge in [-0.2, -0.15) is 0 Å². The Labute approximate surface area is 241 Å². The lowest BCUT2D eigenvalue weighted by molar-refractivity contribution is -0.159. The Balaban J connectivity index is 1.42. The fraction of sp³-hybridized carbons (Fsp3) is 0.303. The largest absolute Gasteiger partial charge is 0.379 e. The first-order valence-corrected chi connectivity index (χ1v) is 14.3. The number of hydrogen-bond acceptors (Lipinski definition) is 7. The Hall–Kier alpha value is -3.52. The third kappa shape index (κ3) is 7.36. The summed E-state index contributed by atoms with van der Waals surface area (Å²) in [5.41, 5.74) is 3.16. The maximum atomic E-state index is 12.9. The Bertz CT molecular complexity index is 1360. The van der Waals surface area contributed by atoms with Gasteiger partial charge in [-0.25, -0.2) is 4.79 Å². The van der Waals surface area contributed by atoms with Crippen LogP contribution < -0.4 is 0 Å². The van der Waals surface area contributed by atoms with Gasteiger partial charge in [0.05, 0.1) is 18.9 Å². The Kier molecular flexibility index (Phi) is 10.1. The van der Waals surface area contributed by atoms with Gasteiger partial charge in [0, 0.05) is 34.0 Å². The van der Waals surface area contributed by atoms with Gasteiger partial charge in [-0.15, -0.1) is 6.58 Å². The van der Waals surface area contributed by atoms with Crippen molar-refractivity contribution in [3.8, 4) is 0 Å². The molecule has 0 N–H and O–H groups in total. The van der Waals surface area contributed by atoms with Crippen molar-refractivity contribution in [1.29, 1.82) is 0 Å². The molecule has 1 aliphatic heterocycles. The molecule has 4 rings (SSSR count). The van der Waals surface area contributed by atoms with Gasteiger partial charge in [-0.1, -0.05) is 59.4 Å². The molecule has 0 saturated carbocycles. The van der Waals surface area contributed by atoms with Crippen molar-refractivity contribution in [3.63, 3.8) is 0 Å². The second-order valence-electron chi connectivity index (χ2n) is 10.2. The number of morpholine rings is 1. The number of hydrogen-bond donors (Lipinski definition) is 0. The monoisotopic (exact) mass is 556 g/mol. The second-order valence-corrected chi connectivity index (χ2v) is 11.3. The first-order chi connectivity index (χ1) is 19.3. The van der Waals surface area contributed by atoms with E-state index in [1.807, 2.05) is 99.6 Å². The summed E-state index contributed by atoms with van der Waals surface area (Å²) >= 11 is 1.61. The van der Waals surface area contributed by atoms with Gasteiger partial charge in [0.15, 0.2) is 5.78 Å². The number of oxime groups is 1. The van der Waals surface area contributed by atoms with Crippen LogP contribution in [0, 0.1) is 6.92 Å². The number of ether oxygens (including phenoxy) is 1. The zero-order valence-electron chi connectivity index (χ0n) is 23.4. The summed E-state index contributed by atoms with van der Waals surface area (Å²) in [5, 5.41) is 4.29. The maximum absolute atomic E-state index is 12.9. The van der Waals surface area contributed by atoms with Crippen molar-refractivity contribution < 1.29 is 19.2 Å². The lowest BCUT2D eigenvalue weighted by atomic mass is 9.99. The molecule has 3 aromatic carbocycles. The molecule has 3 aromatic rings. The summed E-state index contributed by atoms with van der Waals surface area (Å²) in [6.07, 6.45) is 3.15. The SMILES string of the molecule is C=CCC/C(=N\OC(=O)C(C)(C)N1CCOCC1)c1ccc(Sc2ccc(C(=O)c3ccccc3C)cc2)cc1. The first-order valence-electron chi connectivity index (χ1n) is 13.5. The smallest absolute Gasteiger partial charge is 0.354 e. The van der Waals surface area contributed by atoms with Gasteiger partial charge in [0.25, 0.3) is 0 Å². The zero-order chi connectivity index (χ0) is 28.5. The predicted molar refractivity (Wildman–Crippen MR) is 160 cm³/mol. The number of nitrogens with zero attached hydrogens (tertiary/aromatic N) is 2. The lowest BCUT2D eigenvalue weighted by Gasteiger charge is -2.37. The minimum atomic E-state index is -0.794. The van der Waals surface area contributed by atoms with E-state index in [1.165, 1.54) is 0 Å². The molecule has 0 amide bonds. The van der Waals surface area contributed by atoms with Gasteiger partial charge in [-0.05, 0) is 81.1 Å². The molecular weight excluding hydrogens is 520 g/mol. The van der Waals surface area contributed by atoms with E-state index in [0.29, 0.717) is 50.4 Å². The van der Waals surface area contributed by atoms with E-state index in [-0.39, 0.29) is 11.8 Å². The topological polar surface area (TPSA) is 68.2 Å². The third-order valence-electron chi connectivity index (χ3n) is 7.05. The fourth-order valence-corrected chi connectivity index (χ4v) is 5.27. The number of rotatable bonds is 11. The van der Waals surface area contributed by atoms with E-state index in [1.54, 1.807) is 11.8 Å². The molecule has 40 heavy (non-hydrogen) atoms. The number of carbonyl (C=O) groups is 2. The summed E-state index contributed by atoms with van der Waals surface area (Å²) in [4.78, 5) is 35.4. The van der Waals surface area contributed by atoms with Gasteiger partial charge in [0.2, 0.25) is 0 Å². The predicted octanol–water partition coefficient (Wildman–Crippen LogP) is 6.70. The van der Waals surface area contributed by atoms with Gasteiger partial charge >= 0.3 is 5.97 Å². The summed E-state index contributed by atoms with van der Waals surface area (Å²) < 4.78 is 5.41. The first kappa shape index (κ1) is 29.5. The quantitative estimate of drug-likeness (QED) is 0.0861. The second kappa shape index (κ2) is 13.7. The molecule has 208 valence electrons. The summed E-state index contributed by atoms with van der Waals surface area (Å²) in [7, 11) is 0. The van der Waals surface area contributed by atoms with Crippen LogP contribution in [0.5, 0.6) is 0 Å². The van der Waals surface area contributed by atoms with Crippen molar-refractivity contribution in [2.24, 2.45) is 5.16 Å². The van der Waals surface area contributed by atoms with E-state index >= 15 is 0 Å². The van der Waals surface area contributed by atoms with Crippen molar-refractivity contribution in [3.05, 3.63) is 108 Å².